The summed E-state index contributed by atoms with van der Waals surface area (Å²) in [5, 5.41) is 0. The Labute approximate surface area is 239 Å². The van der Waals surface area contributed by atoms with Gasteiger partial charge < -0.3 is 10.5 Å². The molecule has 3 aromatic carbocycles. The van der Waals surface area contributed by atoms with Gasteiger partial charge in [0.25, 0.3) is 5.91 Å². The topological polar surface area (TPSA) is 69.4 Å². The summed E-state index contributed by atoms with van der Waals surface area (Å²) in [6.45, 7) is 5.76. The predicted octanol–water partition coefficient (Wildman–Crippen LogP) is 6.57. The van der Waals surface area contributed by atoms with Crippen LogP contribution in [-0.2, 0) is 19.7 Å². The first kappa shape index (κ1) is 29.7. The van der Waals surface area contributed by atoms with Gasteiger partial charge in [-0.25, -0.2) is 9.28 Å². The lowest BCUT2D eigenvalue weighted by Gasteiger charge is -2.43. The van der Waals surface area contributed by atoms with Crippen molar-refractivity contribution in [3.8, 4) is 0 Å². The van der Waals surface area contributed by atoms with Gasteiger partial charge in [-0.15, -0.1) is 0 Å². The Morgan fingerprint density at radius 2 is 1.45 bits per heavy atom. The molecular weight excluding hydrogens is 496 g/mol. The van der Waals surface area contributed by atoms with Crippen molar-refractivity contribution in [1.82, 2.24) is 0 Å². The molecule has 2 unspecified atom stereocenters. The van der Waals surface area contributed by atoms with Gasteiger partial charge in [0, 0.05) is 36.5 Å². The van der Waals surface area contributed by atoms with Gasteiger partial charge in [-0.1, -0.05) is 111 Å². The van der Waals surface area contributed by atoms with Crippen LogP contribution in [0.25, 0.3) is 0 Å². The van der Waals surface area contributed by atoms with E-state index in [-0.39, 0.29) is 27.8 Å². The summed E-state index contributed by atoms with van der Waals surface area (Å²) in [5.41, 5.74) is 9.27. The van der Waals surface area contributed by atoms with Crippen molar-refractivity contribution in [1.29, 1.82) is 0 Å². The quantitative estimate of drug-likeness (QED) is 0.197. The number of ether oxygens (including phenoxy) is 1. The van der Waals surface area contributed by atoms with Crippen LogP contribution in [0.2, 0.25) is 0 Å². The molecule has 4 rings (SSSR count). The Kier molecular flexibility index (Phi) is 9.94. The summed E-state index contributed by atoms with van der Waals surface area (Å²) in [7, 11) is 1.77. The van der Waals surface area contributed by atoms with Gasteiger partial charge in [-0.2, -0.15) is 0 Å². The fourth-order valence-electron chi connectivity index (χ4n) is 7.09. The summed E-state index contributed by atoms with van der Waals surface area (Å²) in [5.74, 6) is 0.105. The molecule has 0 radical (unpaired) electrons. The zero-order valence-electron chi connectivity index (χ0n) is 24.3. The van der Waals surface area contributed by atoms with Gasteiger partial charge in [-0.05, 0) is 24.3 Å². The van der Waals surface area contributed by atoms with Crippen LogP contribution in [0.1, 0.15) is 75.1 Å². The van der Waals surface area contributed by atoms with Crippen LogP contribution in [0.5, 0.6) is 0 Å². The van der Waals surface area contributed by atoms with Gasteiger partial charge in [0.05, 0.1) is 19.6 Å². The highest BCUT2D eigenvalue weighted by atomic mass is 16.5. The largest absolute Gasteiger partial charge is 0.384 e. The monoisotopic (exact) mass is 541 g/mol. The van der Waals surface area contributed by atoms with E-state index in [1.54, 1.807) is 7.11 Å². The molecule has 1 fully saturated rings. The number of nitrogens with zero attached hydrogens (tertiary/aromatic N) is 1. The normalized spacial score (nSPS) is 20.5. The number of primary amides is 1. The maximum absolute atomic E-state index is 14.5. The van der Waals surface area contributed by atoms with E-state index in [9.17, 15) is 9.59 Å². The zero-order valence-corrected chi connectivity index (χ0v) is 24.3. The van der Waals surface area contributed by atoms with E-state index in [1.807, 2.05) is 42.5 Å². The molecule has 0 saturated carbocycles. The number of quaternary nitrogens is 1. The predicted molar refractivity (Wildman–Crippen MR) is 160 cm³/mol. The Hall–Kier alpha value is -3.28. The molecule has 0 aliphatic carbocycles. The first-order valence-corrected chi connectivity index (χ1v) is 14.7. The third-order valence-corrected chi connectivity index (χ3v) is 9.17. The van der Waals surface area contributed by atoms with Crippen LogP contribution in [0.4, 0.5) is 0 Å². The molecule has 5 heteroatoms. The molecule has 40 heavy (non-hydrogen) atoms. The molecule has 2 amide bonds. The molecule has 1 aliphatic heterocycles. The van der Waals surface area contributed by atoms with Gasteiger partial charge in [0.15, 0.2) is 6.04 Å². The van der Waals surface area contributed by atoms with Crippen molar-refractivity contribution in [2.45, 2.75) is 69.9 Å². The number of hydrogen-bond acceptors (Lipinski definition) is 3. The van der Waals surface area contributed by atoms with E-state index in [0.29, 0.717) is 31.9 Å². The molecule has 3 atom stereocenters. The Morgan fingerprint density at radius 1 is 0.900 bits per heavy atom. The number of carbonyl (C=O) groups is 2. The van der Waals surface area contributed by atoms with E-state index in [4.69, 9.17) is 10.5 Å². The molecule has 0 spiro atoms. The van der Waals surface area contributed by atoms with E-state index in [1.165, 1.54) is 5.56 Å². The molecule has 0 bridgehead atoms. The molecule has 5 nitrogen and oxygen atoms in total. The van der Waals surface area contributed by atoms with Gasteiger partial charge in [-0.3, -0.25) is 4.79 Å². The number of nitrogens with two attached hydrogens (primary N) is 1. The zero-order chi connectivity index (χ0) is 28.6. The van der Waals surface area contributed by atoms with E-state index < -0.39 is 6.04 Å². The van der Waals surface area contributed by atoms with Crippen LogP contribution < -0.4 is 5.73 Å². The van der Waals surface area contributed by atoms with E-state index in [0.717, 1.165) is 36.8 Å². The van der Waals surface area contributed by atoms with E-state index >= 15 is 0 Å². The molecule has 1 aliphatic rings. The molecule has 1 heterocycles. The van der Waals surface area contributed by atoms with Crippen LogP contribution in [0, 0.1) is 5.92 Å². The van der Waals surface area contributed by atoms with Crippen LogP contribution in [0.15, 0.2) is 91.0 Å². The number of unbranched alkanes of at least 4 members (excludes halogenated alkanes) is 1. The smallest absolute Gasteiger partial charge is 0.315 e. The van der Waals surface area contributed by atoms with Crippen LogP contribution in [-0.4, -0.2) is 42.6 Å². The molecule has 0 aromatic heterocycles. The Morgan fingerprint density at radius 3 is 1.95 bits per heavy atom. The summed E-state index contributed by atoms with van der Waals surface area (Å²) in [4.78, 5) is 27.4. The highest BCUT2D eigenvalue weighted by Crippen LogP contribution is 2.44. The second-order valence-electron chi connectivity index (χ2n) is 11.6. The molecule has 3 aromatic rings. The van der Waals surface area contributed by atoms with Crippen LogP contribution >= 0.6 is 0 Å². The summed E-state index contributed by atoms with van der Waals surface area (Å²) in [6, 6.07) is 30.1. The minimum atomic E-state index is -0.537. The van der Waals surface area contributed by atoms with Crippen molar-refractivity contribution in [3.63, 3.8) is 0 Å². The lowest BCUT2D eigenvalue weighted by atomic mass is 9.69. The summed E-state index contributed by atoms with van der Waals surface area (Å²) in [6.07, 6.45) is 4.42. The number of benzene rings is 3. The Balaban J connectivity index is 1.63. The van der Waals surface area contributed by atoms with Crippen molar-refractivity contribution in [3.05, 3.63) is 108 Å². The SMILES string of the molecule is COCC(CCCCC(=O)[N@@+]1(C(c2ccccc2)c2ccccc2)CCCC1C(N)=O)(c1ccccc1)C(C)C. The summed E-state index contributed by atoms with van der Waals surface area (Å²) >= 11 is 0. The lowest BCUT2D eigenvalue weighted by molar-refractivity contribution is -0.882. The second kappa shape index (κ2) is 13.4. The van der Waals surface area contributed by atoms with E-state index in [2.05, 4.69) is 62.4 Å². The fourth-order valence-corrected chi connectivity index (χ4v) is 7.09. The second-order valence-corrected chi connectivity index (χ2v) is 11.6. The van der Waals surface area contributed by atoms with Crippen molar-refractivity contribution in [2.75, 3.05) is 20.3 Å². The number of methoxy groups -OCH3 is 1. The first-order chi connectivity index (χ1) is 19.4. The molecule has 212 valence electrons. The van der Waals surface area contributed by atoms with Crippen molar-refractivity contribution >= 4 is 11.8 Å². The van der Waals surface area contributed by atoms with Gasteiger partial charge in [0.2, 0.25) is 0 Å². The van der Waals surface area contributed by atoms with Crippen molar-refractivity contribution in [2.24, 2.45) is 11.7 Å². The number of hydrogen-bond donors (Lipinski definition) is 1. The molecule has 1 saturated heterocycles. The number of likely N-dealkylation sites (tertiary alicyclic amines) is 1. The lowest BCUT2D eigenvalue weighted by Crippen LogP contribution is -2.62. The van der Waals surface area contributed by atoms with Crippen LogP contribution in [0.3, 0.4) is 0 Å². The first-order valence-electron chi connectivity index (χ1n) is 14.7. The maximum Gasteiger partial charge on any atom is 0.315 e. The summed E-state index contributed by atoms with van der Waals surface area (Å²) < 4.78 is 5.83. The highest BCUT2D eigenvalue weighted by Gasteiger charge is 2.56. The fraction of sp³-hybridized carbons (Fsp3) is 0.429. The Bertz CT molecular complexity index is 1190. The minimum Gasteiger partial charge on any atom is -0.384 e. The standard InChI is InChI=1S/C35H44N2O3/c1-27(2)35(26-40-3,30-20-11-6-12-21-30)24-14-13-23-32(38)37(25-15-22-31(37)34(36)39)33(28-16-7-4-8-17-28)29-18-9-5-10-19-29/h4-12,16-21,27,31,33H,13-15,22-26H2,1-3H3,(H-,36,39)/p+1/t31?,35?,37-/m1/s1. The number of amides is 2. The van der Waals surface area contributed by atoms with Gasteiger partial charge in [0.1, 0.15) is 6.04 Å². The van der Waals surface area contributed by atoms with Gasteiger partial charge >= 0.3 is 5.91 Å². The molecular formula is C35H45N2O3+. The average Bonchev–Trinajstić information content (AvgIpc) is 3.42. The van der Waals surface area contributed by atoms with Crippen molar-refractivity contribution < 1.29 is 18.8 Å². The number of rotatable bonds is 13. The highest BCUT2D eigenvalue weighted by molar-refractivity contribution is 5.82. The average molecular weight is 542 g/mol. The third-order valence-electron chi connectivity index (χ3n) is 9.17. The maximum atomic E-state index is 14.5. The number of carbonyl (C=O) groups excluding carboxylic acids is 2. The third kappa shape index (κ3) is 5.91. The molecule has 2 N–H and O–H groups in total. The minimum absolute atomic E-state index is 0.0788.